The molecule has 3 rings (SSSR count). The highest BCUT2D eigenvalue weighted by atomic mass is 32.2. The Labute approximate surface area is 155 Å². The summed E-state index contributed by atoms with van der Waals surface area (Å²) in [6.07, 6.45) is 1.86. The zero-order chi connectivity index (χ0) is 18.5. The van der Waals surface area contributed by atoms with Crippen LogP contribution in [0.2, 0.25) is 0 Å². The molecule has 0 saturated carbocycles. The SMILES string of the molecule is CSc1nnc(N)n1C(C)C(=O)Nc1ccc(Oc2ccccc2)cc1. The number of amides is 1. The third kappa shape index (κ3) is 3.97. The molecule has 0 aliphatic heterocycles. The quantitative estimate of drug-likeness (QED) is 0.645. The van der Waals surface area contributed by atoms with E-state index in [2.05, 4.69) is 15.5 Å². The number of anilines is 2. The van der Waals surface area contributed by atoms with E-state index in [1.807, 2.05) is 36.6 Å². The van der Waals surface area contributed by atoms with Crippen molar-refractivity contribution in [3.8, 4) is 11.5 Å². The van der Waals surface area contributed by atoms with Gasteiger partial charge < -0.3 is 15.8 Å². The van der Waals surface area contributed by atoms with Gasteiger partial charge in [-0.15, -0.1) is 10.2 Å². The predicted octanol–water partition coefficient (Wildman–Crippen LogP) is 3.57. The first-order chi connectivity index (χ1) is 12.6. The maximum Gasteiger partial charge on any atom is 0.247 e. The van der Waals surface area contributed by atoms with Crippen LogP contribution in [-0.2, 0) is 4.79 Å². The van der Waals surface area contributed by atoms with Crippen LogP contribution >= 0.6 is 11.8 Å². The molecular formula is C18H19N5O2S. The molecule has 0 spiro atoms. The summed E-state index contributed by atoms with van der Waals surface area (Å²) < 4.78 is 7.34. The Morgan fingerprint density at radius 2 is 1.77 bits per heavy atom. The first kappa shape index (κ1) is 17.8. The molecule has 2 aromatic carbocycles. The Hall–Kier alpha value is -3.00. The fourth-order valence-electron chi connectivity index (χ4n) is 2.39. The average molecular weight is 369 g/mol. The summed E-state index contributed by atoms with van der Waals surface area (Å²) in [6, 6.07) is 16.1. The van der Waals surface area contributed by atoms with Crippen LogP contribution in [0.15, 0.2) is 59.8 Å². The first-order valence-electron chi connectivity index (χ1n) is 7.96. The van der Waals surface area contributed by atoms with Crippen LogP contribution in [0.25, 0.3) is 0 Å². The van der Waals surface area contributed by atoms with Gasteiger partial charge in [-0.1, -0.05) is 30.0 Å². The van der Waals surface area contributed by atoms with Crippen molar-refractivity contribution in [1.29, 1.82) is 0 Å². The molecule has 1 amide bonds. The van der Waals surface area contributed by atoms with Gasteiger partial charge in [0.2, 0.25) is 11.9 Å². The molecule has 0 aliphatic rings. The van der Waals surface area contributed by atoms with Crippen LogP contribution < -0.4 is 15.8 Å². The Kier molecular flexibility index (Phi) is 5.43. The van der Waals surface area contributed by atoms with Gasteiger partial charge in [-0.2, -0.15) is 0 Å². The molecule has 0 bridgehead atoms. The molecule has 7 nitrogen and oxygen atoms in total. The molecule has 1 heterocycles. The number of hydrogen-bond acceptors (Lipinski definition) is 6. The van der Waals surface area contributed by atoms with Crippen LogP contribution in [0, 0.1) is 0 Å². The monoisotopic (exact) mass is 369 g/mol. The second kappa shape index (κ2) is 7.92. The molecule has 134 valence electrons. The van der Waals surface area contributed by atoms with Crippen LogP contribution in [0.3, 0.4) is 0 Å². The number of para-hydroxylation sites is 1. The first-order valence-corrected chi connectivity index (χ1v) is 9.19. The topological polar surface area (TPSA) is 95.1 Å². The fourth-order valence-corrected chi connectivity index (χ4v) is 2.96. The zero-order valence-electron chi connectivity index (χ0n) is 14.4. The number of nitrogen functional groups attached to an aromatic ring is 1. The van der Waals surface area contributed by atoms with Crippen molar-refractivity contribution in [3.05, 3.63) is 54.6 Å². The van der Waals surface area contributed by atoms with Crippen molar-refractivity contribution in [2.45, 2.75) is 18.1 Å². The van der Waals surface area contributed by atoms with Crippen LogP contribution in [0.1, 0.15) is 13.0 Å². The Morgan fingerprint density at radius 3 is 2.42 bits per heavy atom. The summed E-state index contributed by atoms with van der Waals surface area (Å²) in [5.41, 5.74) is 6.49. The van der Waals surface area contributed by atoms with E-state index >= 15 is 0 Å². The maximum absolute atomic E-state index is 12.5. The standard InChI is InChI=1S/C18H19N5O2S/c1-12(23-17(19)21-22-18(23)26-2)16(24)20-13-8-10-15(11-9-13)25-14-6-4-3-5-7-14/h3-12H,1-2H3,(H2,19,21)(H,20,24). The molecule has 0 saturated heterocycles. The minimum Gasteiger partial charge on any atom is -0.457 e. The summed E-state index contributed by atoms with van der Waals surface area (Å²) in [7, 11) is 0. The maximum atomic E-state index is 12.5. The van der Waals surface area contributed by atoms with Gasteiger partial charge in [0.25, 0.3) is 0 Å². The summed E-state index contributed by atoms with van der Waals surface area (Å²) in [5, 5.41) is 11.2. The smallest absolute Gasteiger partial charge is 0.247 e. The molecule has 1 unspecified atom stereocenters. The molecule has 3 N–H and O–H groups in total. The number of nitrogens with one attached hydrogen (secondary N) is 1. The van der Waals surface area contributed by atoms with E-state index in [1.165, 1.54) is 11.8 Å². The zero-order valence-corrected chi connectivity index (χ0v) is 15.2. The van der Waals surface area contributed by atoms with E-state index in [9.17, 15) is 4.79 Å². The van der Waals surface area contributed by atoms with Gasteiger partial charge in [-0.3, -0.25) is 9.36 Å². The predicted molar refractivity (Wildman–Crippen MR) is 103 cm³/mol. The van der Waals surface area contributed by atoms with Crippen LogP contribution in [-0.4, -0.2) is 26.9 Å². The van der Waals surface area contributed by atoms with Crippen molar-refractivity contribution >= 4 is 29.3 Å². The van der Waals surface area contributed by atoms with E-state index in [4.69, 9.17) is 10.5 Å². The van der Waals surface area contributed by atoms with Gasteiger partial charge in [-0.05, 0) is 49.6 Å². The summed E-state index contributed by atoms with van der Waals surface area (Å²) in [6.45, 7) is 1.75. The lowest BCUT2D eigenvalue weighted by Crippen LogP contribution is -2.25. The van der Waals surface area contributed by atoms with Gasteiger partial charge in [0.1, 0.15) is 17.5 Å². The summed E-state index contributed by atoms with van der Waals surface area (Å²) >= 11 is 1.38. The minimum absolute atomic E-state index is 0.205. The number of hydrogen-bond donors (Lipinski definition) is 2. The fraction of sp³-hybridized carbons (Fsp3) is 0.167. The van der Waals surface area contributed by atoms with Crippen molar-refractivity contribution in [2.75, 3.05) is 17.3 Å². The Balaban J connectivity index is 1.67. The Bertz CT molecular complexity index is 880. The number of ether oxygens (including phenoxy) is 1. The van der Waals surface area contributed by atoms with Crippen LogP contribution in [0.5, 0.6) is 11.5 Å². The third-order valence-electron chi connectivity index (χ3n) is 3.74. The van der Waals surface area contributed by atoms with Gasteiger partial charge >= 0.3 is 0 Å². The number of carbonyl (C=O) groups is 1. The van der Waals surface area contributed by atoms with Gasteiger partial charge in [-0.25, -0.2) is 0 Å². The van der Waals surface area contributed by atoms with Crippen molar-refractivity contribution in [2.24, 2.45) is 0 Å². The van der Waals surface area contributed by atoms with E-state index in [1.54, 1.807) is 35.8 Å². The average Bonchev–Trinajstić information content (AvgIpc) is 3.04. The van der Waals surface area contributed by atoms with E-state index in [0.717, 1.165) is 5.75 Å². The lowest BCUT2D eigenvalue weighted by Gasteiger charge is -2.16. The van der Waals surface area contributed by atoms with E-state index in [-0.39, 0.29) is 11.9 Å². The number of aromatic nitrogens is 3. The number of benzene rings is 2. The third-order valence-corrected chi connectivity index (χ3v) is 4.38. The van der Waals surface area contributed by atoms with Crippen molar-refractivity contribution in [1.82, 2.24) is 14.8 Å². The molecule has 1 atom stereocenters. The molecule has 3 aromatic rings. The highest BCUT2D eigenvalue weighted by molar-refractivity contribution is 7.98. The molecule has 0 fully saturated rings. The number of carbonyl (C=O) groups excluding carboxylic acids is 1. The molecule has 0 radical (unpaired) electrons. The molecule has 0 aliphatic carbocycles. The van der Waals surface area contributed by atoms with E-state index in [0.29, 0.717) is 16.6 Å². The minimum atomic E-state index is -0.535. The van der Waals surface area contributed by atoms with Gasteiger partial charge in [0.05, 0.1) is 0 Å². The molecule has 26 heavy (non-hydrogen) atoms. The number of nitrogens with zero attached hydrogens (tertiary/aromatic N) is 3. The van der Waals surface area contributed by atoms with E-state index < -0.39 is 6.04 Å². The second-order valence-electron chi connectivity index (χ2n) is 5.52. The number of nitrogens with two attached hydrogens (primary N) is 1. The van der Waals surface area contributed by atoms with Crippen LogP contribution in [0.4, 0.5) is 11.6 Å². The van der Waals surface area contributed by atoms with Crippen molar-refractivity contribution < 1.29 is 9.53 Å². The summed E-state index contributed by atoms with van der Waals surface area (Å²) in [4.78, 5) is 12.5. The van der Waals surface area contributed by atoms with Gasteiger partial charge in [0.15, 0.2) is 5.16 Å². The lowest BCUT2D eigenvalue weighted by atomic mass is 10.2. The number of rotatable bonds is 6. The second-order valence-corrected chi connectivity index (χ2v) is 6.29. The highest BCUT2D eigenvalue weighted by Gasteiger charge is 2.21. The van der Waals surface area contributed by atoms with Gasteiger partial charge in [0, 0.05) is 5.69 Å². The molecular weight excluding hydrogens is 350 g/mol. The molecule has 8 heteroatoms. The Morgan fingerprint density at radius 1 is 1.12 bits per heavy atom. The van der Waals surface area contributed by atoms with Crippen molar-refractivity contribution in [3.63, 3.8) is 0 Å². The lowest BCUT2D eigenvalue weighted by molar-refractivity contribution is -0.118. The molecule has 1 aromatic heterocycles. The summed E-state index contributed by atoms with van der Waals surface area (Å²) in [5.74, 6) is 1.45. The largest absolute Gasteiger partial charge is 0.457 e. The number of thioether (sulfide) groups is 1. The normalized spacial score (nSPS) is 11.8. The highest BCUT2D eigenvalue weighted by Crippen LogP contribution is 2.24.